The number of alkyl halides is 2. The fraction of sp³-hybridized carbons (Fsp3) is 0.286. The van der Waals surface area contributed by atoms with Crippen molar-refractivity contribution in [3.8, 4) is 5.75 Å². The molecule has 76 valence electrons. The van der Waals surface area contributed by atoms with E-state index in [9.17, 15) is 18.9 Å². The van der Waals surface area contributed by atoms with E-state index in [1.807, 2.05) is 0 Å². The van der Waals surface area contributed by atoms with Gasteiger partial charge in [-0.05, 0) is 9.91 Å². The van der Waals surface area contributed by atoms with E-state index in [0.717, 1.165) is 19.4 Å². The highest BCUT2D eigenvalue weighted by atomic mass is 19.3. The van der Waals surface area contributed by atoms with E-state index in [1.54, 1.807) is 0 Å². The molecule has 5 nitrogen and oxygen atoms in total. The van der Waals surface area contributed by atoms with E-state index < -0.39 is 22.7 Å². The molecule has 14 heavy (non-hydrogen) atoms. The van der Waals surface area contributed by atoms with Crippen LogP contribution in [0.25, 0.3) is 0 Å². The minimum absolute atomic E-state index is 0.235. The second-order valence-electron chi connectivity index (χ2n) is 2.34. The highest BCUT2D eigenvalue weighted by Crippen LogP contribution is 2.30. The Morgan fingerprint density at radius 2 is 2.29 bits per heavy atom. The van der Waals surface area contributed by atoms with Gasteiger partial charge >= 0.3 is 5.82 Å². The molecule has 0 aliphatic carbocycles. The zero-order valence-electron chi connectivity index (χ0n) is 7.11. The number of aromatic nitrogens is 1. The average Bonchev–Trinajstić information content (AvgIpc) is 2.16. The van der Waals surface area contributed by atoms with Crippen molar-refractivity contribution in [1.82, 2.24) is 4.98 Å². The zero-order chi connectivity index (χ0) is 10.7. The lowest BCUT2D eigenvalue weighted by atomic mass is 10.2. The van der Waals surface area contributed by atoms with E-state index >= 15 is 0 Å². The van der Waals surface area contributed by atoms with Crippen LogP contribution in [0.5, 0.6) is 5.75 Å². The Morgan fingerprint density at radius 3 is 2.71 bits per heavy atom. The van der Waals surface area contributed by atoms with E-state index in [4.69, 9.17) is 0 Å². The lowest BCUT2D eigenvalue weighted by Gasteiger charge is -2.04. The summed E-state index contributed by atoms with van der Waals surface area (Å²) in [4.78, 5) is 12.7. The molecule has 0 amide bonds. The largest absolute Gasteiger partial charge is 0.496 e. The second-order valence-corrected chi connectivity index (χ2v) is 2.34. The number of nitro groups is 1. The van der Waals surface area contributed by atoms with Crippen LogP contribution in [0.1, 0.15) is 12.0 Å². The highest BCUT2D eigenvalue weighted by molar-refractivity contribution is 5.38. The first-order valence-corrected chi connectivity index (χ1v) is 3.52. The summed E-state index contributed by atoms with van der Waals surface area (Å²) >= 11 is 0. The molecule has 1 aromatic heterocycles. The topological polar surface area (TPSA) is 65.3 Å². The maximum atomic E-state index is 12.3. The van der Waals surface area contributed by atoms with Crippen LogP contribution in [0.3, 0.4) is 0 Å². The number of halogens is 2. The van der Waals surface area contributed by atoms with Gasteiger partial charge in [-0.2, -0.15) is 0 Å². The maximum Gasteiger partial charge on any atom is 0.367 e. The number of methoxy groups -OCH3 is 1. The molecule has 0 radical (unpaired) electrons. The number of nitrogens with zero attached hydrogens (tertiary/aromatic N) is 2. The van der Waals surface area contributed by atoms with Crippen LogP contribution in [0.4, 0.5) is 14.6 Å². The third-order valence-electron chi connectivity index (χ3n) is 1.52. The molecule has 1 heterocycles. The van der Waals surface area contributed by atoms with Crippen molar-refractivity contribution in [3.05, 3.63) is 27.9 Å². The first-order chi connectivity index (χ1) is 6.56. The van der Waals surface area contributed by atoms with E-state index in [0.29, 0.717) is 0 Å². The summed E-state index contributed by atoms with van der Waals surface area (Å²) in [6.45, 7) is 0. The summed E-state index contributed by atoms with van der Waals surface area (Å²) in [6, 6.07) is 0.863. The molecule has 0 aromatic carbocycles. The van der Waals surface area contributed by atoms with Gasteiger partial charge in [0.15, 0.2) is 6.20 Å². The molecule has 0 saturated carbocycles. The molecule has 0 bridgehead atoms. The highest BCUT2D eigenvalue weighted by Gasteiger charge is 2.20. The van der Waals surface area contributed by atoms with Gasteiger partial charge in [-0.3, -0.25) is 0 Å². The molecule has 0 aliphatic rings. The summed E-state index contributed by atoms with van der Waals surface area (Å²) in [7, 11) is 1.16. The van der Waals surface area contributed by atoms with E-state index in [2.05, 4.69) is 9.72 Å². The van der Waals surface area contributed by atoms with Gasteiger partial charge in [-0.25, -0.2) is 8.78 Å². The van der Waals surface area contributed by atoms with Crippen LogP contribution in [-0.4, -0.2) is 17.0 Å². The van der Waals surface area contributed by atoms with Crippen molar-refractivity contribution in [2.45, 2.75) is 6.43 Å². The minimum atomic E-state index is -2.77. The van der Waals surface area contributed by atoms with Crippen molar-refractivity contribution in [3.63, 3.8) is 0 Å². The predicted octanol–water partition coefficient (Wildman–Crippen LogP) is 1.94. The lowest BCUT2D eigenvalue weighted by Crippen LogP contribution is -1.98. The Balaban J connectivity index is 3.18. The molecule has 0 atom stereocenters. The number of ether oxygens (including phenoxy) is 1. The minimum Gasteiger partial charge on any atom is -0.496 e. The normalized spacial score (nSPS) is 10.3. The zero-order valence-corrected chi connectivity index (χ0v) is 7.11. The lowest BCUT2D eigenvalue weighted by molar-refractivity contribution is -0.389. The summed E-state index contributed by atoms with van der Waals surface area (Å²) in [5.74, 6) is -0.757. The molecule has 0 unspecified atom stereocenters. The smallest absolute Gasteiger partial charge is 0.367 e. The molecule has 0 N–H and O–H groups in total. The van der Waals surface area contributed by atoms with Crippen LogP contribution < -0.4 is 4.74 Å². The molecule has 0 aliphatic heterocycles. The molecule has 7 heteroatoms. The number of hydrogen-bond acceptors (Lipinski definition) is 4. The summed E-state index contributed by atoms with van der Waals surface area (Å²) < 4.78 is 29.1. The molecular weight excluding hydrogens is 198 g/mol. The standard InChI is InChI=1S/C7H6F2N2O3/c1-14-5-2-6(11(12)13)10-3-4(5)7(8)9/h2-3,7H,1H3. The van der Waals surface area contributed by atoms with Crippen molar-refractivity contribution >= 4 is 5.82 Å². The third kappa shape index (κ3) is 1.93. The van der Waals surface area contributed by atoms with Gasteiger partial charge in [0, 0.05) is 0 Å². The van der Waals surface area contributed by atoms with Gasteiger partial charge in [0.25, 0.3) is 6.43 Å². The Hall–Kier alpha value is -1.79. The molecule has 0 saturated heterocycles. The summed E-state index contributed by atoms with van der Waals surface area (Å²) in [5, 5.41) is 10.3. The van der Waals surface area contributed by atoms with Crippen LogP contribution >= 0.6 is 0 Å². The van der Waals surface area contributed by atoms with Gasteiger partial charge in [0.05, 0.1) is 13.2 Å². The fourth-order valence-corrected chi connectivity index (χ4v) is 0.878. The Labute approximate surface area is 77.5 Å². The SMILES string of the molecule is COc1cc([N+](=O)[O-])ncc1C(F)F. The van der Waals surface area contributed by atoms with Gasteiger partial charge in [0.2, 0.25) is 0 Å². The predicted molar refractivity (Wildman–Crippen MR) is 42.4 cm³/mol. The second kappa shape index (κ2) is 3.95. The number of hydrogen-bond donors (Lipinski definition) is 0. The van der Waals surface area contributed by atoms with Crippen LogP contribution in [0.15, 0.2) is 12.3 Å². The monoisotopic (exact) mass is 204 g/mol. The first-order valence-electron chi connectivity index (χ1n) is 3.52. The first kappa shape index (κ1) is 10.3. The number of rotatable bonds is 3. The molecule has 0 spiro atoms. The van der Waals surface area contributed by atoms with Crippen molar-refractivity contribution in [1.29, 1.82) is 0 Å². The van der Waals surface area contributed by atoms with Crippen LogP contribution in [-0.2, 0) is 0 Å². The third-order valence-corrected chi connectivity index (χ3v) is 1.52. The average molecular weight is 204 g/mol. The van der Waals surface area contributed by atoms with Gasteiger partial charge in [-0.1, -0.05) is 0 Å². The Bertz CT molecular complexity index is 357. The fourth-order valence-electron chi connectivity index (χ4n) is 0.878. The quantitative estimate of drug-likeness (QED) is 0.557. The van der Waals surface area contributed by atoms with Crippen molar-refractivity contribution in [2.24, 2.45) is 0 Å². The van der Waals surface area contributed by atoms with E-state index in [1.165, 1.54) is 0 Å². The summed E-state index contributed by atoms with van der Waals surface area (Å²) in [6.07, 6.45) is -2.03. The van der Waals surface area contributed by atoms with Gasteiger partial charge in [-0.15, -0.1) is 0 Å². The Morgan fingerprint density at radius 1 is 1.64 bits per heavy atom. The van der Waals surface area contributed by atoms with Crippen LogP contribution in [0, 0.1) is 10.1 Å². The molecule has 1 aromatic rings. The Kier molecular flexibility index (Phi) is 2.90. The van der Waals surface area contributed by atoms with Crippen molar-refractivity contribution in [2.75, 3.05) is 7.11 Å². The molecule has 0 fully saturated rings. The number of pyridine rings is 1. The van der Waals surface area contributed by atoms with Crippen LogP contribution in [0.2, 0.25) is 0 Å². The maximum absolute atomic E-state index is 12.3. The molecular formula is C7H6F2N2O3. The van der Waals surface area contributed by atoms with E-state index in [-0.39, 0.29) is 5.75 Å². The van der Waals surface area contributed by atoms with Gasteiger partial charge < -0.3 is 14.9 Å². The summed E-state index contributed by atoms with van der Waals surface area (Å²) in [5.41, 5.74) is -0.460. The molecule has 1 rings (SSSR count). The van der Waals surface area contributed by atoms with Gasteiger partial charge in [0.1, 0.15) is 11.3 Å². The van der Waals surface area contributed by atoms with Crippen molar-refractivity contribution < 1.29 is 18.4 Å².